The molecule has 0 aromatic carbocycles. The number of rotatable bonds is 2. The Morgan fingerprint density at radius 3 is 3.05 bits per heavy atom. The minimum Gasteiger partial charge on any atom is -0.331 e. The highest BCUT2D eigenvalue weighted by Gasteiger charge is 2.36. The Hall–Kier alpha value is -1.34. The van der Waals surface area contributed by atoms with Crippen molar-refractivity contribution in [3.05, 3.63) is 17.7 Å². The Kier molecular flexibility index (Phi) is 3.32. The molecular formula is C15H22N4. The highest BCUT2D eigenvalue weighted by molar-refractivity contribution is 5.19. The first-order valence-corrected chi connectivity index (χ1v) is 7.43. The highest BCUT2D eigenvalue weighted by Crippen LogP contribution is 2.37. The first kappa shape index (κ1) is 12.7. The maximum Gasteiger partial charge on any atom is 0.108 e. The molecule has 0 amide bonds. The third kappa shape index (κ3) is 2.17. The second-order valence-electron chi connectivity index (χ2n) is 5.95. The van der Waals surface area contributed by atoms with Gasteiger partial charge < -0.3 is 9.88 Å². The number of nitrogens with zero attached hydrogens (tertiary/aromatic N) is 3. The molecule has 102 valence electrons. The number of nitrogens with one attached hydrogen (secondary N) is 1. The Morgan fingerprint density at radius 1 is 1.42 bits per heavy atom. The molecule has 1 N–H and O–H groups in total. The smallest absolute Gasteiger partial charge is 0.108 e. The van der Waals surface area contributed by atoms with Crippen LogP contribution in [0.25, 0.3) is 0 Å². The lowest BCUT2D eigenvalue weighted by Crippen LogP contribution is -2.46. The lowest BCUT2D eigenvalue weighted by atomic mass is 9.79. The molecule has 2 aliphatic rings. The van der Waals surface area contributed by atoms with Crippen LogP contribution in [0.4, 0.5) is 0 Å². The van der Waals surface area contributed by atoms with Crippen molar-refractivity contribution in [1.82, 2.24) is 14.9 Å². The summed E-state index contributed by atoms with van der Waals surface area (Å²) in [7, 11) is 1.91. The molecule has 4 nitrogen and oxygen atoms in total. The van der Waals surface area contributed by atoms with Crippen LogP contribution in [0, 0.1) is 11.3 Å². The summed E-state index contributed by atoms with van der Waals surface area (Å²) in [6, 6.07) is 2.93. The van der Waals surface area contributed by atoms with Gasteiger partial charge in [-0.15, -0.1) is 0 Å². The summed E-state index contributed by atoms with van der Waals surface area (Å²) >= 11 is 0. The van der Waals surface area contributed by atoms with Gasteiger partial charge in [-0.2, -0.15) is 5.26 Å². The summed E-state index contributed by atoms with van der Waals surface area (Å²) < 4.78 is 2.37. The van der Waals surface area contributed by atoms with Crippen molar-refractivity contribution >= 4 is 0 Å². The van der Waals surface area contributed by atoms with Crippen molar-refractivity contribution < 1.29 is 0 Å². The normalized spacial score (nSPS) is 30.6. The minimum atomic E-state index is -0.339. The quantitative estimate of drug-likeness (QED) is 0.886. The molecule has 1 fully saturated rings. The average Bonchev–Trinajstić information content (AvgIpc) is 2.91. The Balaban J connectivity index is 1.86. The van der Waals surface area contributed by atoms with E-state index in [-0.39, 0.29) is 5.54 Å². The number of imidazole rings is 1. The van der Waals surface area contributed by atoms with Crippen LogP contribution in [0.3, 0.4) is 0 Å². The Bertz CT molecular complexity index is 499. The van der Waals surface area contributed by atoms with E-state index >= 15 is 0 Å². The Labute approximate surface area is 114 Å². The molecule has 1 aromatic heterocycles. The molecule has 3 rings (SSSR count). The topological polar surface area (TPSA) is 53.6 Å². The zero-order valence-corrected chi connectivity index (χ0v) is 11.7. The highest BCUT2D eigenvalue weighted by atomic mass is 15.1. The van der Waals surface area contributed by atoms with Gasteiger partial charge in [0.1, 0.15) is 5.54 Å². The fourth-order valence-electron chi connectivity index (χ4n) is 3.67. The van der Waals surface area contributed by atoms with E-state index in [4.69, 9.17) is 0 Å². The SMILES string of the molecule is CNC1(C#N)CCCC(n2cnc3c2CCCC3)C1. The van der Waals surface area contributed by atoms with Crippen LogP contribution in [0.5, 0.6) is 0 Å². The van der Waals surface area contributed by atoms with Crippen LogP contribution in [-0.4, -0.2) is 22.1 Å². The molecule has 0 bridgehead atoms. The van der Waals surface area contributed by atoms with Gasteiger partial charge >= 0.3 is 0 Å². The summed E-state index contributed by atoms with van der Waals surface area (Å²) in [5.41, 5.74) is 2.39. The fraction of sp³-hybridized carbons (Fsp3) is 0.733. The average molecular weight is 258 g/mol. The Morgan fingerprint density at radius 2 is 2.26 bits per heavy atom. The van der Waals surface area contributed by atoms with Gasteiger partial charge in [-0.25, -0.2) is 4.98 Å². The van der Waals surface area contributed by atoms with E-state index in [2.05, 4.69) is 20.9 Å². The number of aromatic nitrogens is 2. The van der Waals surface area contributed by atoms with Crippen LogP contribution in [-0.2, 0) is 12.8 Å². The van der Waals surface area contributed by atoms with Gasteiger partial charge in [-0.1, -0.05) is 0 Å². The zero-order valence-electron chi connectivity index (χ0n) is 11.7. The van der Waals surface area contributed by atoms with Crippen molar-refractivity contribution in [2.45, 2.75) is 62.9 Å². The predicted octanol–water partition coefficient (Wildman–Crippen LogP) is 2.36. The maximum absolute atomic E-state index is 9.46. The van der Waals surface area contributed by atoms with E-state index in [9.17, 15) is 5.26 Å². The van der Waals surface area contributed by atoms with E-state index in [1.165, 1.54) is 30.7 Å². The predicted molar refractivity (Wildman–Crippen MR) is 73.8 cm³/mol. The molecule has 0 spiro atoms. The first-order chi connectivity index (χ1) is 9.28. The van der Waals surface area contributed by atoms with Gasteiger partial charge in [0.05, 0.1) is 18.1 Å². The largest absolute Gasteiger partial charge is 0.331 e. The van der Waals surface area contributed by atoms with Gasteiger partial charge in [-0.05, 0) is 58.4 Å². The van der Waals surface area contributed by atoms with Gasteiger partial charge in [-0.3, -0.25) is 0 Å². The summed E-state index contributed by atoms with van der Waals surface area (Å²) in [5.74, 6) is 0. The molecule has 19 heavy (non-hydrogen) atoms. The molecule has 4 heteroatoms. The second-order valence-corrected chi connectivity index (χ2v) is 5.95. The molecule has 1 aromatic rings. The van der Waals surface area contributed by atoms with E-state index in [1.54, 1.807) is 0 Å². The third-order valence-electron chi connectivity index (χ3n) is 4.87. The molecule has 0 radical (unpaired) electrons. The van der Waals surface area contributed by atoms with Crippen LogP contribution in [0.1, 0.15) is 56.0 Å². The van der Waals surface area contributed by atoms with Crippen molar-refractivity contribution in [3.8, 4) is 6.07 Å². The molecule has 2 atom stereocenters. The number of fused-ring (bicyclic) bond motifs is 1. The van der Waals surface area contributed by atoms with E-state index in [1.807, 2.05) is 13.4 Å². The van der Waals surface area contributed by atoms with Crippen LogP contribution >= 0.6 is 0 Å². The monoisotopic (exact) mass is 258 g/mol. The number of aryl methyl sites for hydroxylation is 1. The molecule has 1 heterocycles. The molecule has 0 saturated heterocycles. The summed E-state index contributed by atoms with van der Waals surface area (Å²) in [6.45, 7) is 0. The second kappa shape index (κ2) is 4.97. The van der Waals surface area contributed by atoms with Crippen LogP contribution < -0.4 is 5.32 Å². The third-order valence-corrected chi connectivity index (χ3v) is 4.87. The number of hydrogen-bond donors (Lipinski definition) is 1. The molecule has 2 unspecified atom stereocenters. The van der Waals surface area contributed by atoms with Crippen molar-refractivity contribution in [1.29, 1.82) is 5.26 Å². The zero-order chi connectivity index (χ0) is 13.3. The summed E-state index contributed by atoms with van der Waals surface area (Å²) in [5, 5.41) is 12.7. The number of nitriles is 1. The number of hydrogen-bond acceptors (Lipinski definition) is 3. The minimum absolute atomic E-state index is 0.339. The first-order valence-electron chi connectivity index (χ1n) is 7.43. The van der Waals surface area contributed by atoms with Crippen LogP contribution in [0.2, 0.25) is 0 Å². The van der Waals surface area contributed by atoms with E-state index < -0.39 is 0 Å². The van der Waals surface area contributed by atoms with Crippen LogP contribution in [0.15, 0.2) is 6.33 Å². The molecule has 0 aliphatic heterocycles. The lowest BCUT2D eigenvalue weighted by molar-refractivity contribution is 0.238. The van der Waals surface area contributed by atoms with E-state index in [0.29, 0.717) is 6.04 Å². The fourth-order valence-corrected chi connectivity index (χ4v) is 3.67. The molecule has 2 aliphatic carbocycles. The lowest BCUT2D eigenvalue weighted by Gasteiger charge is -2.37. The standard InChI is InChI=1S/C15H22N4/c1-17-15(10-16)8-4-5-12(9-15)19-11-18-13-6-2-3-7-14(13)19/h11-12,17H,2-9H2,1H3. The maximum atomic E-state index is 9.46. The van der Waals surface area contributed by atoms with Crippen molar-refractivity contribution in [2.24, 2.45) is 0 Å². The molecule has 1 saturated carbocycles. The van der Waals surface area contributed by atoms with Crippen molar-refractivity contribution in [3.63, 3.8) is 0 Å². The van der Waals surface area contributed by atoms with Gasteiger partial charge in [0.2, 0.25) is 0 Å². The summed E-state index contributed by atoms with van der Waals surface area (Å²) in [6.07, 6.45) is 11.0. The van der Waals surface area contributed by atoms with Crippen molar-refractivity contribution in [2.75, 3.05) is 7.05 Å². The van der Waals surface area contributed by atoms with Gasteiger partial charge in [0.15, 0.2) is 0 Å². The van der Waals surface area contributed by atoms with E-state index in [0.717, 1.165) is 32.1 Å². The molecular weight excluding hydrogens is 236 g/mol. The van der Waals surface area contributed by atoms with Gasteiger partial charge in [0.25, 0.3) is 0 Å². The summed E-state index contributed by atoms with van der Waals surface area (Å²) in [4.78, 5) is 4.59. The van der Waals surface area contributed by atoms with Gasteiger partial charge in [0, 0.05) is 11.7 Å².